The summed E-state index contributed by atoms with van der Waals surface area (Å²) in [6.45, 7) is 4.39. The molecule has 0 aliphatic heterocycles. The molecular formula is C12H16BrNO. The predicted octanol–water partition coefficient (Wildman–Crippen LogP) is 3.04. The highest BCUT2D eigenvalue weighted by Crippen LogP contribution is 2.62. The first-order valence-corrected chi connectivity index (χ1v) is 5.83. The number of hydrogen-bond donors (Lipinski definition) is 1. The first-order chi connectivity index (χ1) is 6.92. The number of nitrogens with two attached hydrogens (primary N) is 1. The van der Waals surface area contributed by atoms with Crippen molar-refractivity contribution in [2.75, 3.05) is 7.11 Å². The van der Waals surface area contributed by atoms with E-state index in [1.165, 1.54) is 0 Å². The molecule has 0 saturated heterocycles. The highest BCUT2D eigenvalue weighted by Gasteiger charge is 2.60. The Bertz CT molecular complexity index is 403. The van der Waals surface area contributed by atoms with E-state index in [4.69, 9.17) is 10.5 Å². The first-order valence-electron chi connectivity index (χ1n) is 5.04. The van der Waals surface area contributed by atoms with Gasteiger partial charge in [-0.2, -0.15) is 0 Å². The second-order valence-electron chi connectivity index (χ2n) is 4.85. The number of ether oxygens (including phenoxy) is 1. The zero-order valence-electron chi connectivity index (χ0n) is 9.30. The van der Waals surface area contributed by atoms with E-state index in [1.807, 2.05) is 12.1 Å². The van der Waals surface area contributed by atoms with Gasteiger partial charge < -0.3 is 10.5 Å². The molecule has 0 radical (unpaired) electrons. The van der Waals surface area contributed by atoms with E-state index in [9.17, 15) is 0 Å². The fourth-order valence-electron chi connectivity index (χ4n) is 2.13. The molecule has 3 heteroatoms. The Morgan fingerprint density at radius 3 is 2.47 bits per heavy atom. The maximum Gasteiger partial charge on any atom is 0.133 e. The maximum atomic E-state index is 6.38. The lowest BCUT2D eigenvalue weighted by Crippen LogP contribution is -2.26. The van der Waals surface area contributed by atoms with E-state index in [0.29, 0.717) is 0 Å². The van der Waals surface area contributed by atoms with Gasteiger partial charge in [-0.05, 0) is 39.4 Å². The van der Waals surface area contributed by atoms with Gasteiger partial charge in [0.1, 0.15) is 5.75 Å². The summed E-state index contributed by atoms with van der Waals surface area (Å²) in [6, 6.07) is 6.00. The van der Waals surface area contributed by atoms with Gasteiger partial charge in [-0.3, -0.25) is 0 Å². The Morgan fingerprint density at radius 2 is 2.00 bits per heavy atom. The molecule has 0 bridgehead atoms. The lowest BCUT2D eigenvalue weighted by atomic mass is 9.97. The van der Waals surface area contributed by atoms with Crippen molar-refractivity contribution in [2.45, 2.75) is 25.8 Å². The van der Waals surface area contributed by atoms with Crippen molar-refractivity contribution in [3.8, 4) is 5.75 Å². The van der Waals surface area contributed by atoms with Crippen molar-refractivity contribution in [2.24, 2.45) is 11.1 Å². The third kappa shape index (κ3) is 1.49. The van der Waals surface area contributed by atoms with Crippen LogP contribution < -0.4 is 10.5 Å². The van der Waals surface area contributed by atoms with Gasteiger partial charge in [0.25, 0.3) is 0 Å². The largest absolute Gasteiger partial charge is 0.496 e. The van der Waals surface area contributed by atoms with Gasteiger partial charge >= 0.3 is 0 Å². The van der Waals surface area contributed by atoms with Crippen molar-refractivity contribution in [1.29, 1.82) is 0 Å². The summed E-state index contributed by atoms with van der Waals surface area (Å²) >= 11 is 3.56. The van der Waals surface area contributed by atoms with Crippen LogP contribution in [0.15, 0.2) is 22.7 Å². The SMILES string of the molecule is COc1cccc(C2(N)CC2(C)C)c1Br. The molecule has 1 atom stereocenters. The van der Waals surface area contributed by atoms with Gasteiger partial charge in [0, 0.05) is 5.54 Å². The minimum absolute atomic E-state index is 0.182. The molecule has 1 unspecified atom stereocenters. The molecule has 0 spiro atoms. The van der Waals surface area contributed by atoms with Gasteiger partial charge in [-0.25, -0.2) is 0 Å². The highest BCUT2D eigenvalue weighted by atomic mass is 79.9. The van der Waals surface area contributed by atoms with Gasteiger partial charge in [0.15, 0.2) is 0 Å². The van der Waals surface area contributed by atoms with Crippen LogP contribution in [0, 0.1) is 5.41 Å². The summed E-state index contributed by atoms with van der Waals surface area (Å²) < 4.78 is 6.26. The second kappa shape index (κ2) is 3.22. The van der Waals surface area contributed by atoms with Gasteiger partial charge in [0.2, 0.25) is 0 Å². The van der Waals surface area contributed by atoms with Gasteiger partial charge in [0.05, 0.1) is 11.6 Å². The zero-order valence-corrected chi connectivity index (χ0v) is 10.9. The molecule has 82 valence electrons. The maximum absolute atomic E-state index is 6.38. The van der Waals surface area contributed by atoms with Crippen LogP contribution in [0.2, 0.25) is 0 Å². The third-order valence-electron chi connectivity index (χ3n) is 3.47. The van der Waals surface area contributed by atoms with Crippen molar-refractivity contribution in [1.82, 2.24) is 0 Å². The molecule has 0 amide bonds. The number of rotatable bonds is 2. The van der Waals surface area contributed by atoms with E-state index in [2.05, 4.69) is 35.8 Å². The van der Waals surface area contributed by atoms with Crippen LogP contribution in [-0.2, 0) is 5.54 Å². The predicted molar refractivity (Wildman–Crippen MR) is 65.0 cm³/mol. The van der Waals surface area contributed by atoms with Crippen LogP contribution in [0.3, 0.4) is 0 Å². The topological polar surface area (TPSA) is 35.2 Å². The molecule has 0 aromatic heterocycles. The molecule has 0 heterocycles. The quantitative estimate of drug-likeness (QED) is 0.896. The standard InChI is InChI=1S/C12H16BrNO/c1-11(2)7-12(11,14)8-5-4-6-9(15-3)10(8)13/h4-6H,7,14H2,1-3H3. The van der Waals surface area contributed by atoms with Crippen LogP contribution in [0.1, 0.15) is 25.8 Å². The van der Waals surface area contributed by atoms with Crippen molar-refractivity contribution in [3.05, 3.63) is 28.2 Å². The monoisotopic (exact) mass is 269 g/mol. The first kappa shape index (κ1) is 11.0. The van der Waals surface area contributed by atoms with Crippen LogP contribution in [0.5, 0.6) is 5.75 Å². The fraction of sp³-hybridized carbons (Fsp3) is 0.500. The molecule has 2 N–H and O–H groups in total. The second-order valence-corrected chi connectivity index (χ2v) is 5.65. The molecule has 1 fully saturated rings. The van der Waals surface area contributed by atoms with E-state index >= 15 is 0 Å². The molecule has 15 heavy (non-hydrogen) atoms. The van der Waals surface area contributed by atoms with E-state index < -0.39 is 0 Å². The normalized spacial score (nSPS) is 27.5. The lowest BCUT2D eigenvalue weighted by Gasteiger charge is -2.18. The molecule has 1 aliphatic rings. The number of halogens is 1. The third-order valence-corrected chi connectivity index (χ3v) is 4.29. The smallest absolute Gasteiger partial charge is 0.133 e. The van der Waals surface area contributed by atoms with E-state index in [1.54, 1.807) is 7.11 Å². The molecule has 1 saturated carbocycles. The molecule has 2 nitrogen and oxygen atoms in total. The lowest BCUT2D eigenvalue weighted by molar-refractivity contribution is 0.409. The summed E-state index contributed by atoms with van der Waals surface area (Å²) in [5, 5.41) is 0. The fourth-order valence-corrected chi connectivity index (χ4v) is 2.91. The summed E-state index contributed by atoms with van der Waals surface area (Å²) in [5.41, 5.74) is 7.50. The zero-order chi connectivity index (χ0) is 11.3. The van der Waals surface area contributed by atoms with Crippen LogP contribution in [0.4, 0.5) is 0 Å². The molecule has 2 rings (SSSR count). The van der Waals surface area contributed by atoms with Gasteiger partial charge in [-0.15, -0.1) is 0 Å². The Kier molecular flexibility index (Phi) is 2.36. The average Bonchev–Trinajstić information content (AvgIpc) is 2.67. The molecular weight excluding hydrogens is 254 g/mol. The summed E-state index contributed by atoms with van der Waals surface area (Å²) in [5.74, 6) is 0.847. The number of benzene rings is 1. The van der Waals surface area contributed by atoms with Crippen molar-refractivity contribution >= 4 is 15.9 Å². The minimum Gasteiger partial charge on any atom is -0.496 e. The summed E-state index contributed by atoms with van der Waals surface area (Å²) in [7, 11) is 1.67. The molecule has 1 aliphatic carbocycles. The Balaban J connectivity index is 2.47. The average molecular weight is 270 g/mol. The Hall–Kier alpha value is -0.540. The van der Waals surface area contributed by atoms with E-state index in [0.717, 1.165) is 22.2 Å². The van der Waals surface area contributed by atoms with E-state index in [-0.39, 0.29) is 11.0 Å². The van der Waals surface area contributed by atoms with Crippen molar-refractivity contribution in [3.63, 3.8) is 0 Å². The van der Waals surface area contributed by atoms with Crippen LogP contribution >= 0.6 is 15.9 Å². The summed E-state index contributed by atoms with van der Waals surface area (Å²) in [4.78, 5) is 0. The van der Waals surface area contributed by atoms with Crippen LogP contribution in [0.25, 0.3) is 0 Å². The Morgan fingerprint density at radius 1 is 1.40 bits per heavy atom. The molecule has 1 aromatic carbocycles. The highest BCUT2D eigenvalue weighted by molar-refractivity contribution is 9.10. The number of methoxy groups -OCH3 is 1. The van der Waals surface area contributed by atoms with Crippen molar-refractivity contribution < 1.29 is 4.74 Å². The van der Waals surface area contributed by atoms with Crippen LogP contribution in [-0.4, -0.2) is 7.11 Å². The number of hydrogen-bond acceptors (Lipinski definition) is 2. The summed E-state index contributed by atoms with van der Waals surface area (Å²) in [6.07, 6.45) is 1.02. The van der Waals surface area contributed by atoms with Gasteiger partial charge in [-0.1, -0.05) is 26.0 Å². The Labute approximate surface area is 98.9 Å². The molecule has 1 aromatic rings. The minimum atomic E-state index is -0.208.